The Bertz CT molecular complexity index is 1150. The van der Waals surface area contributed by atoms with Crippen LogP contribution in [0.1, 0.15) is 36.7 Å². The van der Waals surface area contributed by atoms with E-state index >= 15 is 0 Å². The zero-order chi connectivity index (χ0) is 25.5. The third-order valence-electron chi connectivity index (χ3n) is 6.64. The highest BCUT2D eigenvalue weighted by Crippen LogP contribution is 2.29. The summed E-state index contributed by atoms with van der Waals surface area (Å²) < 4.78 is 5.82. The van der Waals surface area contributed by atoms with Gasteiger partial charge < -0.3 is 19.6 Å². The van der Waals surface area contributed by atoms with Gasteiger partial charge in [0.05, 0.1) is 12.8 Å². The van der Waals surface area contributed by atoms with E-state index in [-0.39, 0.29) is 11.7 Å². The van der Waals surface area contributed by atoms with E-state index in [0.29, 0.717) is 6.61 Å². The molecule has 1 fully saturated rings. The van der Waals surface area contributed by atoms with Crippen molar-refractivity contribution in [2.24, 2.45) is 0 Å². The number of hydrogen-bond donors (Lipinski definition) is 1. The average Bonchev–Trinajstić information content (AvgIpc) is 2.90. The molecule has 2 heterocycles. The largest absolute Gasteiger partial charge is 0.506 e. The van der Waals surface area contributed by atoms with Gasteiger partial charge in [0.25, 0.3) is 5.91 Å². The molecule has 7 nitrogen and oxygen atoms in total. The maximum Gasteiger partial charge on any atom is 0.253 e. The van der Waals surface area contributed by atoms with E-state index in [2.05, 4.69) is 39.0 Å². The Balaban J connectivity index is 1.40. The van der Waals surface area contributed by atoms with Crippen LogP contribution in [-0.4, -0.2) is 71.7 Å². The highest BCUT2D eigenvalue weighted by molar-refractivity contribution is 5.94. The van der Waals surface area contributed by atoms with Gasteiger partial charge in [-0.2, -0.15) is 0 Å². The number of piperazine rings is 1. The lowest BCUT2D eigenvalue weighted by Gasteiger charge is -2.36. The van der Waals surface area contributed by atoms with E-state index in [0.717, 1.165) is 73.9 Å². The fourth-order valence-electron chi connectivity index (χ4n) is 4.68. The van der Waals surface area contributed by atoms with Gasteiger partial charge in [-0.15, -0.1) is 0 Å². The van der Waals surface area contributed by atoms with Crippen LogP contribution in [0.15, 0.2) is 60.9 Å². The van der Waals surface area contributed by atoms with E-state index < -0.39 is 0 Å². The lowest BCUT2D eigenvalue weighted by molar-refractivity contribution is 0.0773. The van der Waals surface area contributed by atoms with E-state index in [9.17, 15) is 9.90 Å². The molecule has 36 heavy (non-hydrogen) atoms. The minimum Gasteiger partial charge on any atom is -0.506 e. The molecular formula is C29H36N4O3. The summed E-state index contributed by atoms with van der Waals surface area (Å²) in [6.07, 6.45) is 3.20. The van der Waals surface area contributed by atoms with Gasteiger partial charge in [0.2, 0.25) is 0 Å². The summed E-state index contributed by atoms with van der Waals surface area (Å²) in [4.78, 5) is 23.4. The van der Waals surface area contributed by atoms with Crippen LogP contribution < -0.4 is 9.64 Å². The number of aromatic hydroxyl groups is 1. The second-order valence-corrected chi connectivity index (χ2v) is 9.02. The van der Waals surface area contributed by atoms with Gasteiger partial charge in [-0.25, -0.2) is 0 Å². The number of carbonyl (C=O) groups is 1. The van der Waals surface area contributed by atoms with Crippen LogP contribution in [0.2, 0.25) is 0 Å². The van der Waals surface area contributed by atoms with Crippen molar-refractivity contribution < 1.29 is 14.6 Å². The molecule has 190 valence electrons. The first-order chi connectivity index (χ1) is 17.5. The van der Waals surface area contributed by atoms with Crippen molar-refractivity contribution in [3.05, 3.63) is 72.1 Å². The highest BCUT2D eigenvalue weighted by Gasteiger charge is 2.19. The zero-order valence-electron chi connectivity index (χ0n) is 21.5. The van der Waals surface area contributed by atoms with Gasteiger partial charge in [0.15, 0.2) is 0 Å². The molecule has 1 saturated heterocycles. The second-order valence-electron chi connectivity index (χ2n) is 9.02. The lowest BCUT2D eigenvalue weighted by atomic mass is 10.0. The molecular weight excluding hydrogens is 452 g/mol. The maximum atomic E-state index is 12.6. The molecule has 0 spiro atoms. The number of nitrogens with zero attached hydrogens (tertiary/aromatic N) is 4. The molecule has 0 aliphatic carbocycles. The molecule has 1 aromatic heterocycles. The van der Waals surface area contributed by atoms with Crippen molar-refractivity contribution >= 4 is 11.6 Å². The summed E-state index contributed by atoms with van der Waals surface area (Å²) in [7, 11) is 0. The van der Waals surface area contributed by atoms with Crippen LogP contribution in [0.3, 0.4) is 0 Å². The average molecular weight is 489 g/mol. The Kier molecular flexibility index (Phi) is 8.44. The molecule has 0 bridgehead atoms. The predicted molar refractivity (Wildman–Crippen MR) is 144 cm³/mol. The normalized spacial score (nSPS) is 14.0. The molecule has 0 atom stereocenters. The Labute approximate surface area is 213 Å². The summed E-state index contributed by atoms with van der Waals surface area (Å²) in [5.74, 6) is 1.07. The summed E-state index contributed by atoms with van der Waals surface area (Å²) in [6.45, 7) is 12.6. The molecule has 2 aromatic carbocycles. The third-order valence-corrected chi connectivity index (χ3v) is 6.64. The molecule has 1 N–H and O–H groups in total. The number of amides is 1. The van der Waals surface area contributed by atoms with Gasteiger partial charge in [-0.05, 0) is 80.4 Å². The Morgan fingerprint density at radius 2 is 1.67 bits per heavy atom. The minimum absolute atomic E-state index is 0.0894. The lowest BCUT2D eigenvalue weighted by Crippen LogP contribution is -2.46. The van der Waals surface area contributed by atoms with Crippen molar-refractivity contribution in [3.8, 4) is 22.6 Å². The summed E-state index contributed by atoms with van der Waals surface area (Å²) in [6, 6.07) is 16.0. The fourth-order valence-corrected chi connectivity index (χ4v) is 4.68. The summed E-state index contributed by atoms with van der Waals surface area (Å²) in [5.41, 5.74) is 4.92. The molecule has 0 radical (unpaired) electrons. The molecule has 0 saturated carbocycles. The number of aromatic nitrogens is 1. The monoisotopic (exact) mass is 488 g/mol. The Hall–Kier alpha value is -3.58. The van der Waals surface area contributed by atoms with E-state index in [1.54, 1.807) is 12.3 Å². The van der Waals surface area contributed by atoms with Crippen molar-refractivity contribution in [1.82, 2.24) is 14.8 Å². The summed E-state index contributed by atoms with van der Waals surface area (Å²) in [5, 5.41) is 9.86. The first-order valence-electron chi connectivity index (χ1n) is 12.8. The van der Waals surface area contributed by atoms with Gasteiger partial charge in [0, 0.05) is 68.8 Å². The van der Waals surface area contributed by atoms with Crippen molar-refractivity contribution in [3.63, 3.8) is 0 Å². The van der Waals surface area contributed by atoms with Gasteiger partial charge in [0.1, 0.15) is 11.5 Å². The summed E-state index contributed by atoms with van der Waals surface area (Å²) >= 11 is 0. The number of carbonyl (C=O) groups excluding carboxylic acids is 1. The Morgan fingerprint density at radius 3 is 2.31 bits per heavy atom. The quantitative estimate of drug-likeness (QED) is 0.473. The van der Waals surface area contributed by atoms with Crippen LogP contribution in [0.5, 0.6) is 11.5 Å². The van der Waals surface area contributed by atoms with Gasteiger partial charge >= 0.3 is 0 Å². The zero-order valence-corrected chi connectivity index (χ0v) is 21.5. The maximum absolute atomic E-state index is 12.6. The molecule has 4 rings (SSSR count). The second kappa shape index (κ2) is 11.9. The third kappa shape index (κ3) is 6.15. The van der Waals surface area contributed by atoms with E-state index in [4.69, 9.17) is 4.74 Å². The van der Waals surface area contributed by atoms with Gasteiger partial charge in [-0.1, -0.05) is 0 Å². The molecule has 3 aromatic rings. The molecule has 0 unspecified atom stereocenters. The first-order valence-corrected chi connectivity index (χ1v) is 12.8. The van der Waals surface area contributed by atoms with Gasteiger partial charge in [-0.3, -0.25) is 14.7 Å². The van der Waals surface area contributed by atoms with E-state index in [1.165, 1.54) is 11.8 Å². The molecule has 1 amide bonds. The predicted octanol–water partition coefficient (Wildman–Crippen LogP) is 4.66. The Morgan fingerprint density at radius 1 is 0.944 bits per heavy atom. The fraction of sp³-hybridized carbons (Fsp3) is 0.379. The van der Waals surface area contributed by atoms with Crippen LogP contribution in [0, 0.1) is 0 Å². The smallest absolute Gasteiger partial charge is 0.253 e. The first kappa shape index (κ1) is 25.5. The minimum atomic E-state index is 0.0894. The molecule has 7 heteroatoms. The SMILES string of the molecule is CCOc1cc(CN2CCN(c3ccc(C(=O)N(CC)CC)cc3)CC2)cc(-c2cncc(O)c2)c1. The van der Waals surface area contributed by atoms with Crippen molar-refractivity contribution in [2.45, 2.75) is 27.3 Å². The van der Waals surface area contributed by atoms with Crippen LogP contribution in [0.4, 0.5) is 5.69 Å². The standard InChI is InChI=1S/C29H36N4O3/c1-4-32(5-2)29(35)23-7-9-26(10-8-23)33-13-11-31(12-14-33)21-22-15-24(18-28(16-22)36-6-3)25-17-27(34)20-30-19-25/h7-10,15-20,34H,4-6,11-14,21H2,1-3H3. The van der Waals surface area contributed by atoms with Crippen molar-refractivity contribution in [1.29, 1.82) is 0 Å². The molecule has 1 aliphatic rings. The number of benzene rings is 2. The van der Waals surface area contributed by atoms with E-state index in [1.807, 2.05) is 43.9 Å². The molecule has 1 aliphatic heterocycles. The number of pyridine rings is 1. The number of rotatable bonds is 9. The highest BCUT2D eigenvalue weighted by atomic mass is 16.5. The number of anilines is 1. The van der Waals surface area contributed by atoms with Crippen LogP contribution in [0.25, 0.3) is 11.1 Å². The number of hydrogen-bond acceptors (Lipinski definition) is 6. The number of ether oxygens (including phenoxy) is 1. The van der Waals surface area contributed by atoms with Crippen LogP contribution in [-0.2, 0) is 6.54 Å². The van der Waals surface area contributed by atoms with Crippen molar-refractivity contribution in [2.75, 3.05) is 50.8 Å². The van der Waals surface area contributed by atoms with Crippen LogP contribution >= 0.6 is 0 Å². The topological polar surface area (TPSA) is 69.1 Å².